The van der Waals surface area contributed by atoms with Crippen LogP contribution >= 0.6 is 0 Å². The van der Waals surface area contributed by atoms with E-state index >= 15 is 0 Å². The van der Waals surface area contributed by atoms with Gasteiger partial charge in [0.2, 0.25) is 10.0 Å². The zero-order valence-corrected chi connectivity index (χ0v) is 22.8. The second-order valence-electron chi connectivity index (χ2n) is 10.9. The number of hydrogen-bond donors (Lipinski definition) is 0. The first kappa shape index (κ1) is 25.1. The highest BCUT2D eigenvalue weighted by Gasteiger charge is 2.44. The Kier molecular flexibility index (Phi) is 6.31. The molecule has 7 nitrogen and oxygen atoms in total. The van der Waals surface area contributed by atoms with Crippen molar-refractivity contribution in [3.05, 3.63) is 72.4 Å². The summed E-state index contributed by atoms with van der Waals surface area (Å²) in [6, 6.07) is 12.5. The van der Waals surface area contributed by atoms with Crippen LogP contribution in [0.2, 0.25) is 0 Å². The van der Waals surface area contributed by atoms with Crippen molar-refractivity contribution in [1.82, 2.24) is 18.7 Å². The van der Waals surface area contributed by atoms with Crippen LogP contribution in [0.3, 0.4) is 0 Å². The number of sulfonamides is 1. The van der Waals surface area contributed by atoms with E-state index in [-0.39, 0.29) is 11.2 Å². The number of rotatable bonds is 6. The number of fused-ring (bicyclic) bond motifs is 1. The average Bonchev–Trinajstić information content (AvgIpc) is 3.65. The summed E-state index contributed by atoms with van der Waals surface area (Å²) in [7, 11) is -3.46. The van der Waals surface area contributed by atoms with Crippen molar-refractivity contribution < 1.29 is 12.8 Å². The third kappa shape index (κ3) is 4.41. The number of aryl methyl sites for hydroxylation is 2. The van der Waals surface area contributed by atoms with Crippen LogP contribution in [0.25, 0.3) is 16.6 Å². The quantitative estimate of drug-likeness (QED) is 0.333. The number of piperidine rings is 1. The molecule has 9 heteroatoms. The van der Waals surface area contributed by atoms with Crippen LogP contribution in [0.15, 0.2) is 66.0 Å². The van der Waals surface area contributed by atoms with Crippen LogP contribution in [-0.2, 0) is 16.6 Å². The lowest BCUT2D eigenvalue weighted by Crippen LogP contribution is -2.42. The largest absolute Gasteiger partial charge is 0.371 e. The van der Waals surface area contributed by atoms with E-state index in [1.54, 1.807) is 28.7 Å². The molecule has 2 fully saturated rings. The van der Waals surface area contributed by atoms with Gasteiger partial charge in [-0.3, -0.25) is 0 Å². The number of halogens is 1. The number of anilines is 1. The van der Waals surface area contributed by atoms with E-state index in [2.05, 4.69) is 36.0 Å². The minimum Gasteiger partial charge on any atom is -0.371 e. The molecule has 2 saturated heterocycles. The molecule has 2 aliphatic rings. The number of benzene rings is 2. The summed E-state index contributed by atoms with van der Waals surface area (Å²) in [5.41, 5.74) is 4.24. The van der Waals surface area contributed by atoms with Crippen LogP contribution in [0, 0.1) is 18.2 Å². The molecular formula is C29H34FN5O2S. The molecule has 0 aliphatic carbocycles. The Bertz CT molecular complexity index is 1570. The fourth-order valence-electron chi connectivity index (χ4n) is 6.14. The SMILES string of the molecule is CCCn1ccc(S(=O)(=O)N2CCC3(CCN(c4cc5cnn(-c6ccc(F)cc6)c5cc4C)CC3)C2)c1. The Hall–Kier alpha value is -3.17. The summed E-state index contributed by atoms with van der Waals surface area (Å²) >= 11 is 0. The zero-order valence-electron chi connectivity index (χ0n) is 22.0. The Labute approximate surface area is 223 Å². The van der Waals surface area contributed by atoms with Crippen molar-refractivity contribution in [2.24, 2.45) is 5.41 Å². The molecule has 0 radical (unpaired) electrons. The lowest BCUT2D eigenvalue weighted by molar-refractivity contribution is 0.234. The molecule has 6 rings (SSSR count). The molecule has 1 spiro atoms. The van der Waals surface area contributed by atoms with E-state index in [0.29, 0.717) is 18.0 Å². The lowest BCUT2D eigenvalue weighted by atomic mass is 9.77. The van der Waals surface area contributed by atoms with E-state index < -0.39 is 10.0 Å². The third-order valence-corrected chi connectivity index (χ3v) is 10.2. The van der Waals surface area contributed by atoms with Gasteiger partial charge in [0.15, 0.2) is 0 Å². The molecule has 0 atom stereocenters. The maximum Gasteiger partial charge on any atom is 0.244 e. The normalized spacial score (nSPS) is 18.1. The predicted octanol–water partition coefficient (Wildman–Crippen LogP) is 5.37. The molecule has 0 saturated carbocycles. The van der Waals surface area contributed by atoms with E-state index in [1.165, 1.54) is 23.4 Å². The molecule has 4 aromatic rings. The lowest BCUT2D eigenvalue weighted by Gasteiger charge is -2.41. The topological polar surface area (TPSA) is 63.4 Å². The average molecular weight is 536 g/mol. The van der Waals surface area contributed by atoms with Gasteiger partial charge in [-0.15, -0.1) is 0 Å². The van der Waals surface area contributed by atoms with Crippen LogP contribution in [0.4, 0.5) is 10.1 Å². The molecule has 38 heavy (non-hydrogen) atoms. The fourth-order valence-corrected chi connectivity index (χ4v) is 7.72. The second-order valence-corrected chi connectivity index (χ2v) is 12.8. The van der Waals surface area contributed by atoms with Crippen molar-refractivity contribution in [1.29, 1.82) is 0 Å². The fraction of sp³-hybridized carbons (Fsp3) is 0.414. The zero-order chi connectivity index (χ0) is 26.5. The standard InChI is InChI=1S/C29H34FN5O2S/c1-3-12-32-13-8-26(20-32)38(36,37)34-16-11-29(21-34)9-14-33(15-10-29)27-18-23-19-31-35(28(23)17-22(27)2)25-6-4-24(30)5-7-25/h4-8,13,17-20H,3,9-12,14-16,21H2,1-2H3. The summed E-state index contributed by atoms with van der Waals surface area (Å²) in [4.78, 5) is 2.84. The Morgan fingerprint density at radius 1 is 1.03 bits per heavy atom. The van der Waals surface area contributed by atoms with Gasteiger partial charge < -0.3 is 9.47 Å². The Morgan fingerprint density at radius 2 is 1.76 bits per heavy atom. The van der Waals surface area contributed by atoms with Gasteiger partial charge in [0, 0.05) is 56.2 Å². The van der Waals surface area contributed by atoms with Crippen molar-refractivity contribution in [3.63, 3.8) is 0 Å². The van der Waals surface area contributed by atoms with Crippen molar-refractivity contribution in [2.45, 2.75) is 51.0 Å². The van der Waals surface area contributed by atoms with Gasteiger partial charge in [-0.1, -0.05) is 6.92 Å². The molecule has 0 amide bonds. The van der Waals surface area contributed by atoms with E-state index in [4.69, 9.17) is 0 Å². The van der Waals surface area contributed by atoms with Crippen molar-refractivity contribution in [3.8, 4) is 5.69 Å². The van der Waals surface area contributed by atoms with Gasteiger partial charge in [-0.25, -0.2) is 17.5 Å². The van der Waals surface area contributed by atoms with Crippen LogP contribution in [0.1, 0.15) is 38.2 Å². The Morgan fingerprint density at radius 3 is 2.50 bits per heavy atom. The summed E-state index contributed by atoms with van der Waals surface area (Å²) in [6.07, 6.45) is 9.33. The predicted molar refractivity (Wildman–Crippen MR) is 148 cm³/mol. The van der Waals surface area contributed by atoms with Gasteiger partial charge in [-0.05, 0) is 86.1 Å². The van der Waals surface area contributed by atoms with Crippen LogP contribution < -0.4 is 4.90 Å². The van der Waals surface area contributed by atoms with E-state index in [9.17, 15) is 12.8 Å². The molecule has 2 aromatic heterocycles. The molecule has 4 heterocycles. The van der Waals surface area contributed by atoms with Crippen molar-refractivity contribution >= 4 is 26.6 Å². The molecule has 200 valence electrons. The summed E-state index contributed by atoms with van der Waals surface area (Å²) < 4.78 is 45.6. The molecule has 0 N–H and O–H groups in total. The Balaban J connectivity index is 1.16. The number of hydrogen-bond acceptors (Lipinski definition) is 4. The van der Waals surface area contributed by atoms with Crippen LogP contribution in [0.5, 0.6) is 0 Å². The number of aromatic nitrogens is 3. The van der Waals surface area contributed by atoms with Gasteiger partial charge in [-0.2, -0.15) is 9.40 Å². The van der Waals surface area contributed by atoms with Gasteiger partial charge in [0.25, 0.3) is 0 Å². The summed E-state index contributed by atoms with van der Waals surface area (Å²) in [6.45, 7) is 8.03. The number of nitrogens with zero attached hydrogens (tertiary/aromatic N) is 5. The molecular weight excluding hydrogens is 501 g/mol. The van der Waals surface area contributed by atoms with Crippen molar-refractivity contribution in [2.75, 3.05) is 31.1 Å². The maximum atomic E-state index is 13.4. The maximum absolute atomic E-state index is 13.4. The first-order chi connectivity index (χ1) is 18.3. The summed E-state index contributed by atoms with van der Waals surface area (Å²) in [5, 5.41) is 5.61. The summed E-state index contributed by atoms with van der Waals surface area (Å²) in [5.74, 6) is -0.263. The molecule has 0 bridgehead atoms. The minimum atomic E-state index is -3.46. The van der Waals surface area contributed by atoms with Gasteiger partial charge >= 0.3 is 0 Å². The molecule has 2 aliphatic heterocycles. The van der Waals surface area contributed by atoms with E-state index in [0.717, 1.165) is 61.9 Å². The third-order valence-electron chi connectivity index (χ3n) is 8.37. The minimum absolute atomic E-state index is 0.0427. The van der Waals surface area contributed by atoms with Crippen LogP contribution in [-0.4, -0.2) is 53.2 Å². The highest BCUT2D eigenvalue weighted by molar-refractivity contribution is 7.89. The monoisotopic (exact) mass is 535 g/mol. The first-order valence-corrected chi connectivity index (χ1v) is 14.9. The molecule has 0 unspecified atom stereocenters. The highest BCUT2D eigenvalue weighted by atomic mass is 32.2. The van der Waals surface area contributed by atoms with Gasteiger partial charge in [0.1, 0.15) is 5.82 Å². The van der Waals surface area contributed by atoms with Gasteiger partial charge in [0.05, 0.1) is 22.3 Å². The highest BCUT2D eigenvalue weighted by Crippen LogP contribution is 2.43. The molecule has 2 aromatic carbocycles. The van der Waals surface area contributed by atoms with E-state index in [1.807, 2.05) is 21.6 Å². The smallest absolute Gasteiger partial charge is 0.244 e. The second kappa shape index (κ2) is 9.54. The first-order valence-electron chi connectivity index (χ1n) is 13.4.